The Balaban J connectivity index is 0. The standard InChI is InChI=1S/C5H4N2O4.C3H7NO2.HNO3/c8-3-1-2(4(9)10)6-5(11)7-3;1-2(4)3(5)6;2-1(3)4/h1H,(H,9,10)(H2,6,7,8,11);2H,4H2,1H3,(H,5,6);(H,2,3,4)/t;2-;/m.0./s1. The van der Waals surface area contributed by atoms with Crippen LogP contribution in [0.2, 0.25) is 0 Å². The Labute approximate surface area is 114 Å². The number of hydrogen-bond acceptors (Lipinski definition) is 7. The second-order valence-electron chi connectivity index (χ2n) is 3.17. The van der Waals surface area contributed by atoms with E-state index in [1.807, 2.05) is 9.97 Å². The minimum atomic E-state index is -1.50. The van der Waals surface area contributed by atoms with E-state index in [1.54, 1.807) is 0 Å². The Morgan fingerprint density at radius 3 is 1.95 bits per heavy atom. The Bertz CT molecular complexity index is 570. The first-order valence-electron chi connectivity index (χ1n) is 4.86. The van der Waals surface area contributed by atoms with Crippen molar-refractivity contribution in [2.75, 3.05) is 0 Å². The van der Waals surface area contributed by atoms with Gasteiger partial charge < -0.3 is 26.1 Å². The molecule has 0 amide bonds. The zero-order valence-corrected chi connectivity index (χ0v) is 10.5. The van der Waals surface area contributed by atoms with E-state index in [1.165, 1.54) is 6.92 Å². The summed E-state index contributed by atoms with van der Waals surface area (Å²) in [6.07, 6.45) is 0. The van der Waals surface area contributed by atoms with Gasteiger partial charge >= 0.3 is 17.6 Å². The summed E-state index contributed by atoms with van der Waals surface area (Å²) in [5.74, 6) is -2.30. The number of nitrogens with one attached hydrogen (secondary N) is 2. The van der Waals surface area contributed by atoms with E-state index in [0.29, 0.717) is 0 Å². The van der Waals surface area contributed by atoms with Crippen molar-refractivity contribution in [1.29, 1.82) is 0 Å². The highest BCUT2D eigenvalue weighted by Crippen LogP contribution is 1.81. The van der Waals surface area contributed by atoms with Crippen LogP contribution >= 0.6 is 0 Å². The molecular formula is C8H12N4O9. The molecule has 21 heavy (non-hydrogen) atoms. The number of aromatic nitrogens is 2. The molecule has 7 N–H and O–H groups in total. The molecule has 1 atom stereocenters. The number of hydrogen-bond donors (Lipinski definition) is 6. The molecule has 0 fully saturated rings. The molecule has 0 aromatic carbocycles. The van der Waals surface area contributed by atoms with Crippen LogP contribution in [-0.4, -0.2) is 48.5 Å². The fourth-order valence-electron chi connectivity index (χ4n) is 0.584. The third-order valence-corrected chi connectivity index (χ3v) is 1.38. The lowest BCUT2D eigenvalue weighted by molar-refractivity contribution is -0.742. The Morgan fingerprint density at radius 1 is 1.33 bits per heavy atom. The number of aliphatic carboxylic acids is 1. The first-order chi connectivity index (χ1) is 9.47. The minimum absolute atomic E-state index is 0.418. The van der Waals surface area contributed by atoms with Crippen LogP contribution in [0.25, 0.3) is 0 Å². The molecule has 1 aromatic heterocycles. The molecule has 0 saturated heterocycles. The van der Waals surface area contributed by atoms with E-state index in [-0.39, 0.29) is 0 Å². The van der Waals surface area contributed by atoms with Crippen LogP contribution in [0.15, 0.2) is 15.7 Å². The molecule has 0 spiro atoms. The number of nitrogens with zero attached hydrogens (tertiary/aromatic N) is 1. The summed E-state index contributed by atoms with van der Waals surface area (Å²) in [7, 11) is 0. The molecule has 1 aromatic rings. The number of carboxylic acid groups (broad SMARTS) is 2. The highest BCUT2D eigenvalue weighted by atomic mass is 16.9. The van der Waals surface area contributed by atoms with Crippen LogP contribution in [0.1, 0.15) is 17.4 Å². The van der Waals surface area contributed by atoms with Crippen LogP contribution < -0.4 is 17.0 Å². The first kappa shape index (κ1) is 20.1. The molecule has 13 nitrogen and oxygen atoms in total. The molecule has 0 aliphatic carbocycles. The molecule has 0 unspecified atom stereocenters. The number of carbonyl (C=O) groups is 2. The molecule has 1 heterocycles. The number of nitrogens with two attached hydrogens (primary N) is 1. The normalized spacial score (nSPS) is 10.0. The van der Waals surface area contributed by atoms with Crippen LogP contribution in [0.5, 0.6) is 0 Å². The van der Waals surface area contributed by atoms with Gasteiger partial charge in [-0.25, -0.2) is 9.59 Å². The van der Waals surface area contributed by atoms with E-state index in [9.17, 15) is 19.2 Å². The van der Waals surface area contributed by atoms with E-state index < -0.39 is 40.0 Å². The van der Waals surface area contributed by atoms with Crippen LogP contribution in [0.3, 0.4) is 0 Å². The Morgan fingerprint density at radius 2 is 1.71 bits per heavy atom. The van der Waals surface area contributed by atoms with Crippen molar-refractivity contribution in [3.05, 3.63) is 42.7 Å². The maximum Gasteiger partial charge on any atom is 0.352 e. The molecule has 0 aliphatic rings. The highest BCUT2D eigenvalue weighted by Gasteiger charge is 2.03. The van der Waals surface area contributed by atoms with Gasteiger partial charge in [0.15, 0.2) is 0 Å². The molecular weight excluding hydrogens is 296 g/mol. The van der Waals surface area contributed by atoms with Gasteiger partial charge in [-0.15, -0.1) is 10.1 Å². The molecule has 0 bridgehead atoms. The van der Waals surface area contributed by atoms with Gasteiger partial charge in [-0.3, -0.25) is 14.6 Å². The lowest BCUT2D eigenvalue weighted by Crippen LogP contribution is -2.25. The van der Waals surface area contributed by atoms with Crippen LogP contribution in [0, 0.1) is 10.1 Å². The molecule has 0 aliphatic heterocycles. The van der Waals surface area contributed by atoms with Crippen LogP contribution in [0.4, 0.5) is 0 Å². The fourth-order valence-corrected chi connectivity index (χ4v) is 0.584. The van der Waals surface area contributed by atoms with Crippen molar-refractivity contribution < 1.29 is 30.1 Å². The predicted octanol–water partition coefficient (Wildman–Crippen LogP) is -2.17. The average Bonchev–Trinajstić information content (AvgIpc) is 2.27. The van der Waals surface area contributed by atoms with Crippen molar-refractivity contribution in [2.24, 2.45) is 5.73 Å². The molecule has 118 valence electrons. The minimum Gasteiger partial charge on any atom is -0.480 e. The van der Waals surface area contributed by atoms with E-state index in [2.05, 4.69) is 0 Å². The average molecular weight is 308 g/mol. The molecule has 1 rings (SSSR count). The van der Waals surface area contributed by atoms with Gasteiger partial charge in [-0.05, 0) is 6.92 Å². The van der Waals surface area contributed by atoms with Crippen molar-refractivity contribution in [3.8, 4) is 0 Å². The van der Waals surface area contributed by atoms with Crippen molar-refractivity contribution in [2.45, 2.75) is 13.0 Å². The van der Waals surface area contributed by atoms with Gasteiger partial charge in [0.05, 0.1) is 0 Å². The van der Waals surface area contributed by atoms with Gasteiger partial charge in [-0.1, -0.05) is 0 Å². The van der Waals surface area contributed by atoms with Crippen molar-refractivity contribution in [3.63, 3.8) is 0 Å². The first-order valence-corrected chi connectivity index (χ1v) is 4.86. The largest absolute Gasteiger partial charge is 0.480 e. The second-order valence-corrected chi connectivity index (χ2v) is 3.17. The number of rotatable bonds is 2. The monoisotopic (exact) mass is 308 g/mol. The third-order valence-electron chi connectivity index (χ3n) is 1.38. The number of H-pyrrole nitrogens is 2. The van der Waals surface area contributed by atoms with Gasteiger partial charge in [0.2, 0.25) is 0 Å². The third kappa shape index (κ3) is 13.0. The number of carboxylic acids is 2. The Hall–Kier alpha value is -3.22. The summed E-state index contributed by atoms with van der Waals surface area (Å²) in [6, 6.07) is 0.0639. The lowest BCUT2D eigenvalue weighted by atomic mass is 10.4. The molecule has 0 radical (unpaired) electrons. The fraction of sp³-hybridized carbons (Fsp3) is 0.250. The lowest BCUT2D eigenvalue weighted by Gasteiger charge is -1.90. The summed E-state index contributed by atoms with van der Waals surface area (Å²) < 4.78 is 0. The molecule has 13 heteroatoms. The summed E-state index contributed by atoms with van der Waals surface area (Å²) in [5.41, 5.74) is 2.86. The summed E-state index contributed by atoms with van der Waals surface area (Å²) >= 11 is 0. The van der Waals surface area contributed by atoms with Gasteiger partial charge in [-0.2, -0.15) is 0 Å². The van der Waals surface area contributed by atoms with Gasteiger partial charge in [0, 0.05) is 6.07 Å². The smallest absolute Gasteiger partial charge is 0.352 e. The number of aromatic carboxylic acids is 1. The van der Waals surface area contributed by atoms with Gasteiger partial charge in [0.25, 0.3) is 10.6 Å². The summed E-state index contributed by atoms with van der Waals surface area (Å²) in [5, 5.41) is 29.8. The predicted molar refractivity (Wildman–Crippen MR) is 64.7 cm³/mol. The van der Waals surface area contributed by atoms with Crippen molar-refractivity contribution in [1.82, 2.24) is 9.97 Å². The zero-order chi connectivity index (χ0) is 17.2. The quantitative estimate of drug-likeness (QED) is 0.255. The zero-order valence-electron chi connectivity index (χ0n) is 10.5. The topological polar surface area (TPSA) is 230 Å². The Kier molecular flexibility index (Phi) is 9.26. The molecule has 0 saturated carbocycles. The maximum absolute atomic E-state index is 10.5. The summed E-state index contributed by atoms with van der Waals surface area (Å²) in [6.45, 7) is 1.42. The van der Waals surface area contributed by atoms with Crippen LogP contribution in [-0.2, 0) is 4.79 Å². The van der Waals surface area contributed by atoms with E-state index >= 15 is 0 Å². The number of aromatic amines is 2. The van der Waals surface area contributed by atoms with Gasteiger partial charge in [0.1, 0.15) is 11.7 Å². The SMILES string of the molecule is C[C@H](N)C(=O)O.O=C(O)c1cc(=O)[nH]c(=O)[nH]1.O=[N+]([O-])O. The maximum atomic E-state index is 10.5. The van der Waals surface area contributed by atoms with E-state index in [4.69, 9.17) is 31.3 Å². The second kappa shape index (κ2) is 9.68. The van der Waals surface area contributed by atoms with E-state index in [0.717, 1.165) is 6.07 Å². The summed E-state index contributed by atoms with van der Waals surface area (Å²) in [4.78, 5) is 52.8. The van der Waals surface area contributed by atoms with Crippen molar-refractivity contribution >= 4 is 11.9 Å². The highest BCUT2D eigenvalue weighted by molar-refractivity contribution is 5.84.